The Morgan fingerprint density at radius 2 is 2.21 bits per heavy atom. The van der Waals surface area contributed by atoms with Crippen LogP contribution in [0.5, 0.6) is 0 Å². The topological polar surface area (TPSA) is 32.3 Å². The normalized spacial score (nSPS) is 19.5. The first kappa shape index (κ1) is 13.8. The van der Waals surface area contributed by atoms with Crippen molar-refractivity contribution in [1.82, 2.24) is 10.2 Å². The van der Waals surface area contributed by atoms with Crippen LogP contribution >= 0.6 is 0 Å². The fourth-order valence-electron chi connectivity index (χ4n) is 2.52. The summed E-state index contributed by atoms with van der Waals surface area (Å²) in [6.07, 6.45) is 5.83. The van der Waals surface area contributed by atoms with Crippen molar-refractivity contribution in [2.24, 2.45) is 0 Å². The van der Waals surface area contributed by atoms with Crippen LogP contribution in [-0.2, 0) is 4.79 Å². The molecule has 3 nitrogen and oxygen atoms in total. The molecule has 0 aromatic heterocycles. The molecule has 0 bridgehead atoms. The maximum Gasteiger partial charge on any atom is 0.246 e. The maximum absolute atomic E-state index is 12.3. The molecule has 1 unspecified atom stereocenters. The number of nitrogens with zero attached hydrogens (tertiary/aromatic N) is 1. The third kappa shape index (κ3) is 3.93. The zero-order valence-electron chi connectivity index (χ0n) is 11.5. The lowest BCUT2D eigenvalue weighted by Gasteiger charge is -2.33. The fourth-order valence-corrected chi connectivity index (χ4v) is 2.52. The van der Waals surface area contributed by atoms with Crippen molar-refractivity contribution >= 4 is 12.0 Å². The number of likely N-dealkylation sites (N-methyl/N-ethyl adjacent to an activating group) is 1. The highest BCUT2D eigenvalue weighted by atomic mass is 16.2. The average Bonchev–Trinajstić information content (AvgIpc) is 2.48. The van der Waals surface area contributed by atoms with Crippen molar-refractivity contribution < 1.29 is 4.79 Å². The molecule has 2 rings (SSSR count). The Labute approximate surface area is 115 Å². The van der Waals surface area contributed by atoms with Crippen molar-refractivity contribution in [3.63, 3.8) is 0 Å². The summed E-state index contributed by atoms with van der Waals surface area (Å²) < 4.78 is 0. The van der Waals surface area contributed by atoms with Crippen LogP contribution in [0.1, 0.15) is 25.3 Å². The van der Waals surface area contributed by atoms with Crippen molar-refractivity contribution in [2.45, 2.75) is 25.8 Å². The van der Waals surface area contributed by atoms with Gasteiger partial charge in [-0.25, -0.2) is 0 Å². The summed E-state index contributed by atoms with van der Waals surface area (Å²) in [5.41, 5.74) is 1.06. The zero-order valence-corrected chi connectivity index (χ0v) is 11.5. The van der Waals surface area contributed by atoms with Gasteiger partial charge in [-0.3, -0.25) is 4.79 Å². The van der Waals surface area contributed by atoms with Gasteiger partial charge in [0.2, 0.25) is 5.91 Å². The maximum atomic E-state index is 12.3. The van der Waals surface area contributed by atoms with Gasteiger partial charge < -0.3 is 10.2 Å². The number of amides is 1. The van der Waals surface area contributed by atoms with Crippen molar-refractivity contribution in [3.05, 3.63) is 42.0 Å². The Kier molecular flexibility index (Phi) is 5.16. The second-order valence-corrected chi connectivity index (χ2v) is 4.87. The van der Waals surface area contributed by atoms with E-state index in [2.05, 4.69) is 5.32 Å². The number of hydrogen-bond donors (Lipinski definition) is 1. The fraction of sp³-hybridized carbons (Fsp3) is 0.438. The van der Waals surface area contributed by atoms with Crippen LogP contribution in [0.3, 0.4) is 0 Å². The van der Waals surface area contributed by atoms with Crippen molar-refractivity contribution in [3.8, 4) is 0 Å². The Bertz CT molecular complexity index is 422. The minimum absolute atomic E-state index is 0.111. The van der Waals surface area contributed by atoms with E-state index in [1.807, 2.05) is 48.2 Å². The Balaban J connectivity index is 1.98. The number of benzene rings is 1. The van der Waals surface area contributed by atoms with E-state index >= 15 is 0 Å². The quantitative estimate of drug-likeness (QED) is 0.841. The molecular formula is C16H22N2O. The second-order valence-electron chi connectivity index (χ2n) is 4.87. The van der Waals surface area contributed by atoms with Gasteiger partial charge in [0.15, 0.2) is 0 Å². The molecule has 1 aromatic rings. The number of piperidine rings is 1. The summed E-state index contributed by atoms with van der Waals surface area (Å²) in [4.78, 5) is 14.2. The van der Waals surface area contributed by atoms with Crippen LogP contribution in [0.4, 0.5) is 0 Å². The lowest BCUT2D eigenvalue weighted by Crippen LogP contribution is -2.48. The molecule has 0 saturated carbocycles. The summed E-state index contributed by atoms with van der Waals surface area (Å²) in [6.45, 7) is 4.80. The van der Waals surface area contributed by atoms with E-state index in [0.717, 1.165) is 38.0 Å². The second kappa shape index (κ2) is 7.10. The number of carbonyl (C=O) groups is 1. The van der Waals surface area contributed by atoms with Gasteiger partial charge in [-0.2, -0.15) is 0 Å². The Morgan fingerprint density at radius 3 is 2.84 bits per heavy atom. The van der Waals surface area contributed by atoms with E-state index in [-0.39, 0.29) is 5.91 Å². The third-order valence-electron chi connectivity index (χ3n) is 3.55. The van der Waals surface area contributed by atoms with Gasteiger partial charge in [0.05, 0.1) is 0 Å². The number of nitrogens with one attached hydrogen (secondary N) is 1. The summed E-state index contributed by atoms with van der Waals surface area (Å²) >= 11 is 0. The first-order valence-electron chi connectivity index (χ1n) is 7.05. The molecule has 1 heterocycles. The molecule has 0 radical (unpaired) electrons. The highest BCUT2D eigenvalue weighted by Crippen LogP contribution is 2.11. The van der Waals surface area contributed by atoms with Gasteiger partial charge in [-0.1, -0.05) is 30.3 Å². The average molecular weight is 258 g/mol. The number of rotatable bonds is 4. The summed E-state index contributed by atoms with van der Waals surface area (Å²) in [6, 6.07) is 10.3. The molecule has 1 atom stereocenters. The molecule has 3 heteroatoms. The molecule has 0 spiro atoms. The third-order valence-corrected chi connectivity index (χ3v) is 3.55. The minimum atomic E-state index is 0.111. The standard InChI is InChI=1S/C16H22N2O/c1-2-18(15-9-6-12-17-13-15)16(19)11-10-14-7-4-3-5-8-14/h3-5,7-8,10-11,15,17H,2,6,9,12-13H2,1H3. The van der Waals surface area contributed by atoms with Gasteiger partial charge in [0, 0.05) is 25.2 Å². The molecular weight excluding hydrogens is 236 g/mol. The van der Waals surface area contributed by atoms with Crippen molar-refractivity contribution in [1.29, 1.82) is 0 Å². The van der Waals surface area contributed by atoms with Crippen LogP contribution in [0.15, 0.2) is 36.4 Å². The molecule has 1 aromatic carbocycles. The van der Waals surface area contributed by atoms with Crippen molar-refractivity contribution in [2.75, 3.05) is 19.6 Å². The van der Waals surface area contributed by atoms with E-state index in [1.165, 1.54) is 0 Å². The summed E-state index contributed by atoms with van der Waals surface area (Å²) in [5, 5.41) is 3.36. The Morgan fingerprint density at radius 1 is 1.42 bits per heavy atom. The summed E-state index contributed by atoms with van der Waals surface area (Å²) in [7, 11) is 0. The van der Waals surface area contributed by atoms with Gasteiger partial charge in [0.25, 0.3) is 0 Å². The highest BCUT2D eigenvalue weighted by Gasteiger charge is 2.22. The lowest BCUT2D eigenvalue weighted by atomic mass is 10.1. The molecule has 102 valence electrons. The predicted molar refractivity (Wildman–Crippen MR) is 78.8 cm³/mol. The van der Waals surface area contributed by atoms with Gasteiger partial charge >= 0.3 is 0 Å². The molecule has 0 aliphatic carbocycles. The molecule has 19 heavy (non-hydrogen) atoms. The highest BCUT2D eigenvalue weighted by molar-refractivity contribution is 5.92. The van der Waals surface area contributed by atoms with E-state index in [1.54, 1.807) is 6.08 Å². The minimum Gasteiger partial charge on any atom is -0.335 e. The molecule has 1 amide bonds. The van der Waals surface area contributed by atoms with Gasteiger partial charge in [-0.05, 0) is 37.9 Å². The SMILES string of the molecule is CCN(C(=O)C=Cc1ccccc1)C1CCCNC1. The molecule has 1 fully saturated rings. The van der Waals surface area contributed by atoms with Crippen LogP contribution in [0.25, 0.3) is 6.08 Å². The van der Waals surface area contributed by atoms with E-state index in [9.17, 15) is 4.79 Å². The van der Waals surface area contributed by atoms with Crippen LogP contribution in [0, 0.1) is 0 Å². The van der Waals surface area contributed by atoms with E-state index in [4.69, 9.17) is 0 Å². The zero-order chi connectivity index (χ0) is 13.5. The first-order valence-corrected chi connectivity index (χ1v) is 7.05. The van der Waals surface area contributed by atoms with E-state index < -0.39 is 0 Å². The van der Waals surface area contributed by atoms with Crippen LogP contribution in [-0.4, -0.2) is 36.5 Å². The largest absolute Gasteiger partial charge is 0.335 e. The molecule has 1 N–H and O–H groups in total. The van der Waals surface area contributed by atoms with Crippen LogP contribution < -0.4 is 5.32 Å². The van der Waals surface area contributed by atoms with E-state index in [0.29, 0.717) is 6.04 Å². The summed E-state index contributed by atoms with van der Waals surface area (Å²) in [5.74, 6) is 0.111. The van der Waals surface area contributed by atoms with Gasteiger partial charge in [0.1, 0.15) is 0 Å². The number of hydrogen-bond acceptors (Lipinski definition) is 2. The molecule has 1 aliphatic heterocycles. The lowest BCUT2D eigenvalue weighted by molar-refractivity contribution is -0.128. The molecule has 1 aliphatic rings. The monoisotopic (exact) mass is 258 g/mol. The first-order chi connectivity index (χ1) is 9.31. The molecule has 1 saturated heterocycles. The van der Waals surface area contributed by atoms with Crippen LogP contribution in [0.2, 0.25) is 0 Å². The number of carbonyl (C=O) groups excluding carboxylic acids is 1. The predicted octanol–water partition coefficient (Wildman–Crippen LogP) is 2.30. The smallest absolute Gasteiger partial charge is 0.246 e. The Hall–Kier alpha value is -1.61. The van der Waals surface area contributed by atoms with Gasteiger partial charge in [-0.15, -0.1) is 0 Å².